The molecule has 2 aromatic rings. The van der Waals surface area contributed by atoms with E-state index in [1.54, 1.807) is 6.07 Å². The van der Waals surface area contributed by atoms with Crippen molar-refractivity contribution in [2.24, 2.45) is 0 Å². The molecule has 1 aromatic carbocycles. The summed E-state index contributed by atoms with van der Waals surface area (Å²) in [5, 5.41) is 0.878. The number of rotatable bonds is 1. The minimum absolute atomic E-state index is 0.280. The molecule has 2 aliphatic heterocycles. The van der Waals surface area contributed by atoms with Gasteiger partial charge in [-0.2, -0.15) is 0 Å². The molecule has 1 aromatic heterocycles. The lowest BCUT2D eigenvalue weighted by molar-refractivity contribution is -0.169. The summed E-state index contributed by atoms with van der Waals surface area (Å²) in [6.45, 7) is 2.97. The topological polar surface area (TPSA) is 47.5 Å². The first-order valence-electron chi connectivity index (χ1n) is 7.19. The standard InChI is InChI=1S/C15H16FN3O2/c16-11-1-2-12-13(9-11)17-10-18-14(12)19-5-3-15(4-6-19)20-7-8-21-15/h1-2,9-10H,3-8H2. The quantitative estimate of drug-likeness (QED) is 0.804. The molecule has 0 N–H and O–H groups in total. The first-order chi connectivity index (χ1) is 10.3. The third-order valence-corrected chi connectivity index (χ3v) is 4.22. The van der Waals surface area contributed by atoms with Crippen LogP contribution < -0.4 is 4.90 Å². The summed E-state index contributed by atoms with van der Waals surface area (Å²) in [5.74, 6) is 0.177. The number of fused-ring (bicyclic) bond motifs is 1. The van der Waals surface area contributed by atoms with E-state index in [1.165, 1.54) is 18.5 Å². The molecule has 0 bridgehead atoms. The second kappa shape index (κ2) is 4.89. The Hall–Kier alpha value is -1.79. The highest BCUT2D eigenvalue weighted by Gasteiger charge is 2.40. The maximum Gasteiger partial charge on any atom is 0.171 e. The van der Waals surface area contributed by atoms with Crippen LogP contribution in [-0.2, 0) is 9.47 Å². The van der Waals surface area contributed by atoms with Crippen molar-refractivity contribution in [3.8, 4) is 0 Å². The van der Waals surface area contributed by atoms with Crippen LogP contribution in [0.4, 0.5) is 10.2 Å². The number of halogens is 1. The molecule has 1 spiro atoms. The summed E-state index contributed by atoms with van der Waals surface area (Å²) in [5.41, 5.74) is 0.633. The van der Waals surface area contributed by atoms with E-state index in [9.17, 15) is 4.39 Å². The zero-order chi connectivity index (χ0) is 14.3. The molecule has 2 aliphatic rings. The molecule has 0 amide bonds. The SMILES string of the molecule is Fc1ccc2c(N3CCC4(CC3)OCCO4)ncnc2c1. The van der Waals surface area contributed by atoms with Gasteiger partial charge in [0.2, 0.25) is 0 Å². The van der Waals surface area contributed by atoms with Crippen LogP contribution in [0.2, 0.25) is 0 Å². The van der Waals surface area contributed by atoms with E-state index in [1.807, 2.05) is 0 Å². The third-order valence-electron chi connectivity index (χ3n) is 4.22. The Morgan fingerprint density at radius 3 is 2.62 bits per heavy atom. The second-order valence-electron chi connectivity index (χ2n) is 5.45. The maximum absolute atomic E-state index is 13.3. The molecule has 0 saturated carbocycles. The zero-order valence-electron chi connectivity index (χ0n) is 11.6. The average Bonchev–Trinajstić information content (AvgIpc) is 2.95. The highest BCUT2D eigenvalue weighted by atomic mass is 19.1. The normalized spacial score (nSPS) is 21.3. The molecule has 6 heteroatoms. The lowest BCUT2D eigenvalue weighted by Gasteiger charge is -2.38. The van der Waals surface area contributed by atoms with Crippen molar-refractivity contribution in [3.63, 3.8) is 0 Å². The van der Waals surface area contributed by atoms with Gasteiger partial charge in [-0.05, 0) is 12.1 Å². The van der Waals surface area contributed by atoms with Crippen molar-refractivity contribution in [2.75, 3.05) is 31.2 Å². The fourth-order valence-electron chi connectivity index (χ4n) is 3.11. The summed E-state index contributed by atoms with van der Waals surface area (Å²) >= 11 is 0. The van der Waals surface area contributed by atoms with E-state index in [0.717, 1.165) is 37.1 Å². The van der Waals surface area contributed by atoms with Gasteiger partial charge in [0.05, 0.1) is 18.7 Å². The van der Waals surface area contributed by atoms with Crippen molar-refractivity contribution in [3.05, 3.63) is 30.3 Å². The van der Waals surface area contributed by atoms with Crippen LogP contribution in [0.5, 0.6) is 0 Å². The average molecular weight is 289 g/mol. The first kappa shape index (κ1) is 12.9. The molecule has 110 valence electrons. The Morgan fingerprint density at radius 1 is 1.10 bits per heavy atom. The number of benzene rings is 1. The molecular weight excluding hydrogens is 273 g/mol. The maximum atomic E-state index is 13.3. The fraction of sp³-hybridized carbons (Fsp3) is 0.467. The van der Waals surface area contributed by atoms with Crippen LogP contribution in [0.1, 0.15) is 12.8 Å². The number of anilines is 1. The van der Waals surface area contributed by atoms with Crippen LogP contribution in [0, 0.1) is 5.82 Å². The van der Waals surface area contributed by atoms with Crippen LogP contribution in [0.3, 0.4) is 0 Å². The van der Waals surface area contributed by atoms with Gasteiger partial charge in [-0.15, -0.1) is 0 Å². The van der Waals surface area contributed by atoms with Gasteiger partial charge in [-0.1, -0.05) is 0 Å². The minimum atomic E-state index is -0.397. The van der Waals surface area contributed by atoms with Gasteiger partial charge in [0.25, 0.3) is 0 Å². The molecule has 0 radical (unpaired) electrons. The van der Waals surface area contributed by atoms with Gasteiger partial charge in [-0.25, -0.2) is 14.4 Å². The summed E-state index contributed by atoms with van der Waals surface area (Å²) in [7, 11) is 0. The van der Waals surface area contributed by atoms with Gasteiger partial charge in [-0.3, -0.25) is 0 Å². The van der Waals surface area contributed by atoms with Gasteiger partial charge >= 0.3 is 0 Å². The van der Waals surface area contributed by atoms with Crippen molar-refractivity contribution in [1.29, 1.82) is 0 Å². The van der Waals surface area contributed by atoms with Crippen LogP contribution in [-0.4, -0.2) is 42.1 Å². The van der Waals surface area contributed by atoms with Crippen LogP contribution in [0.25, 0.3) is 10.9 Å². The minimum Gasteiger partial charge on any atom is -0.356 e. The lowest BCUT2D eigenvalue weighted by atomic mass is 10.0. The van der Waals surface area contributed by atoms with E-state index < -0.39 is 5.79 Å². The zero-order valence-corrected chi connectivity index (χ0v) is 11.6. The van der Waals surface area contributed by atoms with E-state index in [2.05, 4.69) is 14.9 Å². The molecule has 2 fully saturated rings. The predicted octanol–water partition coefficient (Wildman–Crippen LogP) is 2.11. The van der Waals surface area contributed by atoms with E-state index in [4.69, 9.17) is 9.47 Å². The summed E-state index contributed by atoms with van der Waals surface area (Å²) in [4.78, 5) is 10.7. The van der Waals surface area contributed by atoms with E-state index in [-0.39, 0.29) is 5.82 Å². The Labute approximate surface area is 121 Å². The van der Waals surface area contributed by atoms with Gasteiger partial charge < -0.3 is 14.4 Å². The Morgan fingerprint density at radius 2 is 1.86 bits per heavy atom. The predicted molar refractivity (Wildman–Crippen MR) is 75.6 cm³/mol. The monoisotopic (exact) mass is 289 g/mol. The summed E-state index contributed by atoms with van der Waals surface area (Å²) in [6, 6.07) is 4.63. The molecule has 4 rings (SSSR count). The Kier molecular flexibility index (Phi) is 3.01. The molecule has 0 aliphatic carbocycles. The molecular formula is C15H16FN3O2. The van der Waals surface area contributed by atoms with E-state index in [0.29, 0.717) is 18.7 Å². The first-order valence-corrected chi connectivity index (χ1v) is 7.19. The Balaban J connectivity index is 1.62. The van der Waals surface area contributed by atoms with Crippen molar-refractivity contribution >= 4 is 16.7 Å². The number of nitrogens with zero attached hydrogens (tertiary/aromatic N) is 3. The molecule has 2 saturated heterocycles. The van der Waals surface area contributed by atoms with Crippen LogP contribution in [0.15, 0.2) is 24.5 Å². The molecule has 0 atom stereocenters. The molecule has 3 heterocycles. The summed E-state index contributed by atoms with van der Waals surface area (Å²) in [6.07, 6.45) is 3.13. The van der Waals surface area contributed by atoms with Gasteiger partial charge in [0.1, 0.15) is 18.0 Å². The summed E-state index contributed by atoms with van der Waals surface area (Å²) < 4.78 is 24.8. The number of aromatic nitrogens is 2. The number of hydrogen-bond donors (Lipinski definition) is 0. The fourth-order valence-corrected chi connectivity index (χ4v) is 3.11. The Bertz CT molecular complexity index is 663. The van der Waals surface area contributed by atoms with Gasteiger partial charge in [0.15, 0.2) is 5.79 Å². The molecule has 5 nitrogen and oxygen atoms in total. The van der Waals surface area contributed by atoms with Crippen molar-refractivity contribution < 1.29 is 13.9 Å². The van der Waals surface area contributed by atoms with E-state index >= 15 is 0 Å². The highest BCUT2D eigenvalue weighted by molar-refractivity contribution is 5.89. The molecule has 0 unspecified atom stereocenters. The van der Waals surface area contributed by atoms with Gasteiger partial charge in [0, 0.05) is 37.4 Å². The smallest absolute Gasteiger partial charge is 0.171 e. The van der Waals surface area contributed by atoms with Crippen LogP contribution >= 0.6 is 0 Å². The van der Waals surface area contributed by atoms with Crippen molar-refractivity contribution in [2.45, 2.75) is 18.6 Å². The third kappa shape index (κ3) is 2.24. The molecule has 21 heavy (non-hydrogen) atoms. The highest BCUT2D eigenvalue weighted by Crippen LogP contribution is 2.34. The second-order valence-corrected chi connectivity index (χ2v) is 5.45. The van der Waals surface area contributed by atoms with Crippen molar-refractivity contribution in [1.82, 2.24) is 9.97 Å². The number of piperidine rings is 1. The lowest BCUT2D eigenvalue weighted by Crippen LogP contribution is -2.45. The number of ether oxygens (including phenoxy) is 2. The number of hydrogen-bond acceptors (Lipinski definition) is 5. The largest absolute Gasteiger partial charge is 0.356 e.